The number of amides is 1. The van der Waals surface area contributed by atoms with Crippen molar-refractivity contribution < 1.29 is 4.79 Å². The zero-order valence-corrected chi connectivity index (χ0v) is 9.45. The first-order valence-corrected chi connectivity index (χ1v) is 4.94. The van der Waals surface area contributed by atoms with Crippen LogP contribution in [0.2, 0.25) is 0 Å². The normalized spacial score (nSPS) is 10.6. The monoisotopic (exact) mass is 217 g/mol. The van der Waals surface area contributed by atoms with E-state index in [0.29, 0.717) is 17.8 Å². The summed E-state index contributed by atoms with van der Waals surface area (Å²) in [6, 6.07) is 3.28. The molecule has 0 spiro atoms. The van der Waals surface area contributed by atoms with Crippen molar-refractivity contribution in [2.75, 3.05) is 0 Å². The largest absolute Gasteiger partial charge is 0.336 e. The molecule has 0 saturated heterocycles. The SMILES string of the molecule is C#CC(C)(C)NC(=O)c1ccnc(CN)c1. The molecule has 0 aliphatic carbocycles. The molecule has 4 heteroatoms. The number of terminal acetylenes is 1. The van der Waals surface area contributed by atoms with Crippen LogP contribution < -0.4 is 11.1 Å². The Morgan fingerprint density at radius 3 is 2.94 bits per heavy atom. The van der Waals surface area contributed by atoms with E-state index in [1.165, 1.54) is 0 Å². The lowest BCUT2D eigenvalue weighted by Gasteiger charge is -2.19. The molecule has 1 heterocycles. The molecule has 0 bridgehead atoms. The Labute approximate surface area is 95.3 Å². The Bertz CT molecular complexity index is 432. The molecule has 0 aromatic carbocycles. The van der Waals surface area contributed by atoms with E-state index in [2.05, 4.69) is 16.2 Å². The van der Waals surface area contributed by atoms with Gasteiger partial charge in [-0.25, -0.2) is 0 Å². The van der Waals surface area contributed by atoms with Gasteiger partial charge in [-0.3, -0.25) is 9.78 Å². The molecule has 0 fully saturated rings. The van der Waals surface area contributed by atoms with Crippen molar-refractivity contribution >= 4 is 5.91 Å². The minimum atomic E-state index is -0.663. The molecule has 0 radical (unpaired) electrons. The summed E-state index contributed by atoms with van der Waals surface area (Å²) < 4.78 is 0. The van der Waals surface area contributed by atoms with Crippen molar-refractivity contribution in [2.24, 2.45) is 5.73 Å². The van der Waals surface area contributed by atoms with E-state index in [4.69, 9.17) is 12.2 Å². The second-order valence-corrected chi connectivity index (χ2v) is 3.96. The van der Waals surface area contributed by atoms with E-state index in [0.717, 1.165) is 0 Å². The van der Waals surface area contributed by atoms with Crippen molar-refractivity contribution in [1.29, 1.82) is 0 Å². The lowest BCUT2D eigenvalue weighted by Crippen LogP contribution is -2.42. The van der Waals surface area contributed by atoms with Gasteiger partial charge < -0.3 is 11.1 Å². The van der Waals surface area contributed by atoms with Gasteiger partial charge in [0.2, 0.25) is 0 Å². The number of pyridine rings is 1. The Morgan fingerprint density at radius 1 is 1.69 bits per heavy atom. The Morgan fingerprint density at radius 2 is 2.38 bits per heavy atom. The number of rotatable bonds is 3. The minimum Gasteiger partial charge on any atom is -0.336 e. The van der Waals surface area contributed by atoms with Crippen molar-refractivity contribution in [1.82, 2.24) is 10.3 Å². The number of aromatic nitrogens is 1. The van der Waals surface area contributed by atoms with Crippen molar-refractivity contribution in [3.63, 3.8) is 0 Å². The minimum absolute atomic E-state index is 0.222. The first-order chi connectivity index (χ1) is 7.48. The fourth-order valence-corrected chi connectivity index (χ4v) is 1.12. The van der Waals surface area contributed by atoms with Gasteiger partial charge in [-0.05, 0) is 26.0 Å². The molecule has 1 aromatic rings. The number of nitrogens with one attached hydrogen (secondary N) is 1. The summed E-state index contributed by atoms with van der Waals surface area (Å²) >= 11 is 0. The summed E-state index contributed by atoms with van der Waals surface area (Å²) in [6.45, 7) is 3.82. The van der Waals surface area contributed by atoms with Crippen molar-refractivity contribution in [3.8, 4) is 12.3 Å². The molecule has 4 nitrogen and oxygen atoms in total. The number of nitrogens with zero attached hydrogens (tertiary/aromatic N) is 1. The zero-order valence-electron chi connectivity index (χ0n) is 9.45. The molecule has 3 N–H and O–H groups in total. The first-order valence-electron chi connectivity index (χ1n) is 4.94. The summed E-state index contributed by atoms with van der Waals surface area (Å²) in [7, 11) is 0. The van der Waals surface area contributed by atoms with Crippen LogP contribution in [0.3, 0.4) is 0 Å². The highest BCUT2D eigenvalue weighted by atomic mass is 16.1. The van der Waals surface area contributed by atoms with E-state index in [1.807, 2.05) is 0 Å². The predicted octanol–water partition coefficient (Wildman–Crippen LogP) is 0.682. The lowest BCUT2D eigenvalue weighted by atomic mass is 10.1. The van der Waals surface area contributed by atoms with Gasteiger partial charge in [0, 0.05) is 18.3 Å². The topological polar surface area (TPSA) is 68.0 Å². The van der Waals surface area contributed by atoms with E-state index in [1.54, 1.807) is 32.2 Å². The van der Waals surface area contributed by atoms with Crippen LogP contribution in [-0.4, -0.2) is 16.4 Å². The average Bonchev–Trinajstić information content (AvgIpc) is 2.28. The molecular formula is C12H15N3O. The molecule has 0 atom stereocenters. The average molecular weight is 217 g/mol. The van der Waals surface area contributed by atoms with Crippen LogP contribution in [0.25, 0.3) is 0 Å². The highest BCUT2D eigenvalue weighted by Crippen LogP contribution is 2.05. The standard InChI is InChI=1S/C12H15N3O/c1-4-12(2,3)15-11(16)9-5-6-14-10(7-9)8-13/h1,5-7H,8,13H2,2-3H3,(H,15,16). The van der Waals surface area contributed by atoms with Crippen molar-refractivity contribution in [2.45, 2.75) is 25.9 Å². The first kappa shape index (κ1) is 12.2. The molecule has 1 rings (SSSR count). The molecule has 0 saturated carbocycles. The number of carbonyl (C=O) groups excluding carboxylic acids is 1. The van der Waals surface area contributed by atoms with Crippen LogP contribution in [-0.2, 0) is 6.54 Å². The molecule has 16 heavy (non-hydrogen) atoms. The second-order valence-electron chi connectivity index (χ2n) is 3.96. The van der Waals surface area contributed by atoms with Crippen LogP contribution >= 0.6 is 0 Å². The summed E-state index contributed by atoms with van der Waals surface area (Å²) in [5.74, 6) is 2.28. The van der Waals surface area contributed by atoms with Crippen molar-refractivity contribution in [3.05, 3.63) is 29.6 Å². The number of hydrogen-bond donors (Lipinski definition) is 2. The van der Waals surface area contributed by atoms with Crippen LogP contribution in [0.15, 0.2) is 18.3 Å². The van der Waals surface area contributed by atoms with Gasteiger partial charge >= 0.3 is 0 Å². The smallest absolute Gasteiger partial charge is 0.252 e. The molecule has 1 aromatic heterocycles. The Kier molecular flexibility index (Phi) is 3.64. The number of nitrogens with two attached hydrogens (primary N) is 1. The third-order valence-electron chi connectivity index (χ3n) is 2.07. The highest BCUT2D eigenvalue weighted by molar-refractivity contribution is 5.94. The maximum absolute atomic E-state index is 11.8. The van der Waals surface area contributed by atoms with Crippen LogP contribution in [0.1, 0.15) is 29.9 Å². The van der Waals surface area contributed by atoms with E-state index >= 15 is 0 Å². The van der Waals surface area contributed by atoms with E-state index in [9.17, 15) is 4.79 Å². The maximum Gasteiger partial charge on any atom is 0.252 e. The molecule has 0 aliphatic rings. The molecule has 84 valence electrons. The Hall–Kier alpha value is -1.86. The molecule has 0 aliphatic heterocycles. The molecular weight excluding hydrogens is 202 g/mol. The number of hydrogen-bond acceptors (Lipinski definition) is 3. The predicted molar refractivity (Wildman–Crippen MR) is 62.5 cm³/mol. The quantitative estimate of drug-likeness (QED) is 0.732. The second kappa shape index (κ2) is 4.77. The fourth-order valence-electron chi connectivity index (χ4n) is 1.12. The van der Waals surface area contributed by atoms with Gasteiger partial charge in [0.05, 0.1) is 11.2 Å². The van der Waals surface area contributed by atoms with Gasteiger partial charge in [0.25, 0.3) is 5.91 Å². The summed E-state index contributed by atoms with van der Waals surface area (Å²) in [5.41, 5.74) is 5.97. The van der Waals surface area contributed by atoms with Gasteiger partial charge in [-0.2, -0.15) is 0 Å². The highest BCUT2D eigenvalue weighted by Gasteiger charge is 2.18. The van der Waals surface area contributed by atoms with Gasteiger partial charge in [0.1, 0.15) is 0 Å². The molecule has 1 amide bonds. The van der Waals surface area contributed by atoms with Crippen LogP contribution in [0, 0.1) is 12.3 Å². The van der Waals surface area contributed by atoms with Gasteiger partial charge in [-0.1, -0.05) is 5.92 Å². The Balaban J connectivity index is 2.86. The van der Waals surface area contributed by atoms with Crippen LogP contribution in [0.4, 0.5) is 0 Å². The van der Waals surface area contributed by atoms with Gasteiger partial charge in [0.15, 0.2) is 0 Å². The summed E-state index contributed by atoms with van der Waals surface area (Å²) in [4.78, 5) is 15.8. The summed E-state index contributed by atoms with van der Waals surface area (Å²) in [5, 5.41) is 2.73. The number of carbonyl (C=O) groups is 1. The fraction of sp³-hybridized carbons (Fsp3) is 0.333. The zero-order chi connectivity index (χ0) is 12.2. The van der Waals surface area contributed by atoms with Crippen LogP contribution in [0.5, 0.6) is 0 Å². The maximum atomic E-state index is 11.8. The lowest BCUT2D eigenvalue weighted by molar-refractivity contribution is 0.0929. The third kappa shape index (κ3) is 3.07. The summed E-state index contributed by atoms with van der Waals surface area (Å²) in [6.07, 6.45) is 6.85. The van der Waals surface area contributed by atoms with Gasteiger partial charge in [-0.15, -0.1) is 6.42 Å². The molecule has 0 unspecified atom stereocenters. The van der Waals surface area contributed by atoms with E-state index < -0.39 is 5.54 Å². The third-order valence-corrected chi connectivity index (χ3v) is 2.07. The van der Waals surface area contributed by atoms with E-state index in [-0.39, 0.29) is 5.91 Å².